The van der Waals surface area contributed by atoms with Crippen molar-refractivity contribution in [1.29, 1.82) is 0 Å². The molecule has 2 heterocycles. The van der Waals surface area contributed by atoms with Gasteiger partial charge >= 0.3 is 0 Å². The van der Waals surface area contributed by atoms with Gasteiger partial charge in [-0.1, -0.05) is 53.2 Å². The highest BCUT2D eigenvalue weighted by atomic mass is 35.5. The molecule has 1 amide bonds. The molecule has 124 valence electrons. The smallest absolute Gasteiger partial charge is 0.237 e. The van der Waals surface area contributed by atoms with Gasteiger partial charge in [0.15, 0.2) is 10.8 Å². The second-order valence-corrected chi connectivity index (χ2v) is 7.40. The van der Waals surface area contributed by atoms with Gasteiger partial charge in [-0.25, -0.2) is 0 Å². The number of hydrogen-bond donors (Lipinski definition) is 1. The van der Waals surface area contributed by atoms with Crippen LogP contribution in [0.3, 0.4) is 0 Å². The third-order valence-corrected chi connectivity index (χ3v) is 4.99. The quantitative estimate of drug-likeness (QED) is 0.678. The zero-order valence-electron chi connectivity index (χ0n) is 13.0. The van der Waals surface area contributed by atoms with Gasteiger partial charge in [-0.05, 0) is 31.5 Å². The number of carbonyl (C=O) groups excluding carboxylic acids is 1. The lowest BCUT2D eigenvalue weighted by Gasteiger charge is -2.12. The molecule has 3 aromatic rings. The van der Waals surface area contributed by atoms with E-state index in [-0.39, 0.29) is 11.2 Å². The van der Waals surface area contributed by atoms with Crippen LogP contribution >= 0.6 is 35.0 Å². The van der Waals surface area contributed by atoms with Crippen LogP contribution in [0.2, 0.25) is 10.0 Å². The Morgan fingerprint density at radius 2 is 2.04 bits per heavy atom. The van der Waals surface area contributed by atoms with Gasteiger partial charge in [-0.2, -0.15) is 0 Å². The average molecular weight is 381 g/mol. The summed E-state index contributed by atoms with van der Waals surface area (Å²) in [6, 6.07) is 9.24. The van der Waals surface area contributed by atoms with E-state index in [9.17, 15) is 4.79 Å². The minimum absolute atomic E-state index is 0.112. The van der Waals surface area contributed by atoms with E-state index in [2.05, 4.69) is 15.5 Å². The zero-order valence-corrected chi connectivity index (χ0v) is 15.3. The van der Waals surface area contributed by atoms with E-state index in [1.165, 1.54) is 11.8 Å². The number of nitrogens with zero attached hydrogens (tertiary/aromatic N) is 3. The van der Waals surface area contributed by atoms with Crippen LogP contribution in [0.4, 0.5) is 5.69 Å². The first-order chi connectivity index (χ1) is 11.5. The summed E-state index contributed by atoms with van der Waals surface area (Å²) in [6.45, 7) is 3.76. The Balaban J connectivity index is 1.78. The van der Waals surface area contributed by atoms with Crippen molar-refractivity contribution in [2.75, 3.05) is 5.32 Å². The van der Waals surface area contributed by atoms with E-state index < -0.39 is 0 Å². The highest BCUT2D eigenvalue weighted by molar-refractivity contribution is 8.00. The summed E-state index contributed by atoms with van der Waals surface area (Å²) in [4.78, 5) is 12.4. The highest BCUT2D eigenvalue weighted by Gasteiger charge is 2.19. The summed E-state index contributed by atoms with van der Waals surface area (Å²) in [5, 5.41) is 12.1. The number of amides is 1. The molecule has 2 aromatic heterocycles. The Labute approximate surface area is 153 Å². The van der Waals surface area contributed by atoms with Crippen LogP contribution in [0.5, 0.6) is 0 Å². The van der Waals surface area contributed by atoms with Gasteiger partial charge in [0.05, 0.1) is 15.3 Å². The minimum atomic E-state index is -0.366. The third kappa shape index (κ3) is 3.50. The monoisotopic (exact) mass is 380 g/mol. The second-order valence-electron chi connectivity index (χ2n) is 5.25. The number of carbonyl (C=O) groups is 1. The fourth-order valence-electron chi connectivity index (χ4n) is 2.14. The molecule has 0 aliphatic heterocycles. The number of pyridine rings is 1. The summed E-state index contributed by atoms with van der Waals surface area (Å²) in [6.07, 6.45) is 1.68. The van der Waals surface area contributed by atoms with Crippen molar-refractivity contribution in [3.8, 4) is 0 Å². The maximum Gasteiger partial charge on any atom is 0.237 e. The van der Waals surface area contributed by atoms with Crippen LogP contribution in [0.15, 0.2) is 41.7 Å². The van der Waals surface area contributed by atoms with E-state index in [4.69, 9.17) is 23.2 Å². The van der Waals surface area contributed by atoms with Crippen LogP contribution in [-0.2, 0) is 4.79 Å². The molecule has 0 saturated carbocycles. The van der Waals surface area contributed by atoms with E-state index in [0.29, 0.717) is 20.8 Å². The van der Waals surface area contributed by atoms with Crippen molar-refractivity contribution in [3.05, 3.63) is 52.1 Å². The molecule has 1 atom stereocenters. The summed E-state index contributed by atoms with van der Waals surface area (Å²) in [5.41, 5.74) is 2.32. The topological polar surface area (TPSA) is 59.3 Å². The molecule has 0 fully saturated rings. The summed E-state index contributed by atoms with van der Waals surface area (Å²) in [5.74, 6) is -0.112. The Morgan fingerprint density at radius 1 is 1.29 bits per heavy atom. The predicted octanol–water partition coefficient (Wildman–Crippen LogP) is 4.46. The van der Waals surface area contributed by atoms with Crippen LogP contribution in [0.25, 0.3) is 5.65 Å². The molecule has 5 nitrogen and oxygen atoms in total. The molecule has 0 saturated heterocycles. The number of aromatic nitrogens is 3. The normalized spacial score (nSPS) is 12.3. The molecule has 0 aliphatic rings. The van der Waals surface area contributed by atoms with E-state index in [1.807, 2.05) is 38.1 Å². The number of thioether (sulfide) groups is 1. The Morgan fingerprint density at radius 3 is 2.79 bits per heavy atom. The lowest BCUT2D eigenvalue weighted by atomic mass is 10.2. The first kappa shape index (κ1) is 17.1. The van der Waals surface area contributed by atoms with Gasteiger partial charge in [0.2, 0.25) is 5.91 Å². The fourth-order valence-corrected chi connectivity index (χ4v) is 3.47. The van der Waals surface area contributed by atoms with Gasteiger partial charge in [-0.15, -0.1) is 10.2 Å². The molecule has 0 aliphatic carbocycles. The van der Waals surface area contributed by atoms with Crippen molar-refractivity contribution in [2.45, 2.75) is 24.3 Å². The zero-order chi connectivity index (χ0) is 17.3. The number of para-hydroxylation sites is 1. The number of fused-ring (bicyclic) bond motifs is 1. The number of benzene rings is 1. The number of aryl methyl sites for hydroxylation is 1. The highest BCUT2D eigenvalue weighted by Crippen LogP contribution is 2.28. The maximum absolute atomic E-state index is 12.4. The summed E-state index contributed by atoms with van der Waals surface area (Å²) >= 11 is 13.4. The van der Waals surface area contributed by atoms with Crippen LogP contribution in [0.1, 0.15) is 12.5 Å². The van der Waals surface area contributed by atoms with E-state index in [0.717, 1.165) is 11.3 Å². The summed E-state index contributed by atoms with van der Waals surface area (Å²) in [7, 11) is 0. The molecular formula is C16H14Cl2N4OS. The predicted molar refractivity (Wildman–Crippen MR) is 98.1 cm³/mol. The van der Waals surface area contributed by atoms with Gasteiger partial charge in [0.25, 0.3) is 0 Å². The number of nitrogens with one attached hydrogen (secondary N) is 1. The third-order valence-electron chi connectivity index (χ3n) is 3.45. The number of halogens is 2. The SMILES string of the molecule is Cc1ccccc1NC(=O)[C@@H](C)Sc1nnc2c(Cl)cc(Cl)cn12. The van der Waals surface area contributed by atoms with Crippen molar-refractivity contribution in [2.24, 2.45) is 0 Å². The molecule has 0 bridgehead atoms. The Bertz CT molecular complexity index is 912. The molecule has 0 unspecified atom stereocenters. The van der Waals surface area contributed by atoms with Crippen LogP contribution in [-0.4, -0.2) is 25.8 Å². The second kappa shape index (κ2) is 7.01. The number of hydrogen-bond acceptors (Lipinski definition) is 4. The maximum atomic E-state index is 12.4. The lowest BCUT2D eigenvalue weighted by molar-refractivity contribution is -0.115. The molecule has 8 heteroatoms. The molecule has 24 heavy (non-hydrogen) atoms. The number of rotatable bonds is 4. The molecule has 3 rings (SSSR count). The Hall–Kier alpha value is -1.76. The number of anilines is 1. The van der Waals surface area contributed by atoms with Crippen molar-refractivity contribution in [1.82, 2.24) is 14.6 Å². The molecule has 1 N–H and O–H groups in total. The van der Waals surface area contributed by atoms with Crippen molar-refractivity contribution < 1.29 is 4.79 Å². The van der Waals surface area contributed by atoms with Crippen molar-refractivity contribution >= 4 is 52.2 Å². The molecule has 0 spiro atoms. The van der Waals surface area contributed by atoms with Crippen molar-refractivity contribution in [3.63, 3.8) is 0 Å². The fraction of sp³-hybridized carbons (Fsp3) is 0.188. The Kier molecular flexibility index (Phi) is 4.99. The van der Waals surface area contributed by atoms with Gasteiger partial charge in [0.1, 0.15) is 0 Å². The van der Waals surface area contributed by atoms with Crippen LogP contribution < -0.4 is 5.32 Å². The first-order valence-corrected chi connectivity index (χ1v) is 8.82. The van der Waals surface area contributed by atoms with Gasteiger partial charge in [-0.3, -0.25) is 9.20 Å². The van der Waals surface area contributed by atoms with E-state index in [1.54, 1.807) is 16.7 Å². The lowest BCUT2D eigenvalue weighted by Crippen LogP contribution is -2.23. The molecule has 1 aromatic carbocycles. The van der Waals surface area contributed by atoms with E-state index >= 15 is 0 Å². The van der Waals surface area contributed by atoms with Gasteiger partial charge in [0, 0.05) is 11.9 Å². The molecule has 0 radical (unpaired) electrons. The first-order valence-electron chi connectivity index (χ1n) is 7.18. The molecular weight excluding hydrogens is 367 g/mol. The summed E-state index contributed by atoms with van der Waals surface area (Å²) < 4.78 is 1.69. The largest absolute Gasteiger partial charge is 0.325 e. The standard InChI is InChI=1S/C16H14Cl2N4OS/c1-9-5-3-4-6-13(9)19-15(23)10(2)24-16-21-20-14-12(18)7-11(17)8-22(14)16/h3-8,10H,1-2H3,(H,19,23)/t10-/m1/s1. The van der Waals surface area contributed by atoms with Crippen LogP contribution in [0, 0.1) is 6.92 Å². The average Bonchev–Trinajstić information content (AvgIpc) is 2.92. The minimum Gasteiger partial charge on any atom is -0.325 e. The van der Waals surface area contributed by atoms with Gasteiger partial charge < -0.3 is 5.32 Å².